The summed E-state index contributed by atoms with van der Waals surface area (Å²) in [5, 5.41) is 0. The quantitative estimate of drug-likeness (QED) is 0.836. The molecule has 0 fully saturated rings. The predicted octanol–water partition coefficient (Wildman–Crippen LogP) is 2.73. The molecule has 0 unspecified atom stereocenters. The fourth-order valence-corrected chi connectivity index (χ4v) is 1.88. The molecule has 1 rings (SSSR count). The van der Waals surface area contributed by atoms with Crippen LogP contribution in [-0.2, 0) is 11.2 Å². The van der Waals surface area contributed by atoms with Crippen LogP contribution in [0.25, 0.3) is 0 Å². The van der Waals surface area contributed by atoms with Gasteiger partial charge in [-0.3, -0.25) is 4.79 Å². The minimum atomic E-state index is -0.381. The number of carbonyl (C=O) groups is 1. The third-order valence-corrected chi connectivity index (χ3v) is 2.32. The maximum Gasteiger partial charge on any atom is 0.136 e. The van der Waals surface area contributed by atoms with Gasteiger partial charge in [-0.15, -0.1) is 0 Å². The van der Waals surface area contributed by atoms with Crippen molar-refractivity contribution in [2.75, 3.05) is 7.11 Å². The third kappa shape index (κ3) is 2.54. The Morgan fingerprint density at radius 2 is 2.21 bits per heavy atom. The molecule has 0 saturated carbocycles. The monoisotopic (exact) mass is 260 g/mol. The number of methoxy groups -OCH3 is 1. The molecule has 0 aliphatic rings. The molecule has 76 valence electrons. The van der Waals surface area contributed by atoms with E-state index < -0.39 is 0 Å². The average molecular weight is 261 g/mol. The molecule has 0 saturated heterocycles. The smallest absolute Gasteiger partial charge is 0.136 e. The van der Waals surface area contributed by atoms with Crippen LogP contribution in [0.4, 0.5) is 4.39 Å². The SMILES string of the molecule is COc1c(Br)cc(F)cc1CC(C)=O. The van der Waals surface area contributed by atoms with Gasteiger partial charge in [0.2, 0.25) is 0 Å². The van der Waals surface area contributed by atoms with Crippen molar-refractivity contribution in [2.45, 2.75) is 13.3 Å². The van der Waals surface area contributed by atoms with Crippen LogP contribution < -0.4 is 4.74 Å². The minimum Gasteiger partial charge on any atom is -0.495 e. The molecule has 0 amide bonds. The van der Waals surface area contributed by atoms with E-state index in [4.69, 9.17) is 4.74 Å². The fraction of sp³-hybridized carbons (Fsp3) is 0.300. The summed E-state index contributed by atoms with van der Waals surface area (Å²) in [6.45, 7) is 1.46. The normalized spacial score (nSPS) is 10.0. The first-order chi connectivity index (χ1) is 6.54. The highest BCUT2D eigenvalue weighted by molar-refractivity contribution is 9.10. The van der Waals surface area contributed by atoms with E-state index in [1.54, 1.807) is 0 Å². The Labute approximate surface area is 90.2 Å². The highest BCUT2D eigenvalue weighted by Gasteiger charge is 2.11. The van der Waals surface area contributed by atoms with E-state index in [9.17, 15) is 9.18 Å². The van der Waals surface area contributed by atoms with Gasteiger partial charge in [0.05, 0.1) is 11.6 Å². The Bertz CT molecular complexity index is 363. The van der Waals surface area contributed by atoms with Crippen LogP contribution in [-0.4, -0.2) is 12.9 Å². The van der Waals surface area contributed by atoms with E-state index in [0.717, 1.165) is 0 Å². The molecule has 0 radical (unpaired) electrons. The molecule has 0 N–H and O–H groups in total. The number of hydrogen-bond donors (Lipinski definition) is 0. The molecule has 1 aromatic rings. The molecular weight excluding hydrogens is 251 g/mol. The second-order valence-corrected chi connectivity index (χ2v) is 3.81. The van der Waals surface area contributed by atoms with Crippen molar-refractivity contribution in [2.24, 2.45) is 0 Å². The highest BCUT2D eigenvalue weighted by atomic mass is 79.9. The van der Waals surface area contributed by atoms with Gasteiger partial charge < -0.3 is 4.74 Å². The molecule has 0 aromatic heterocycles. The Hall–Kier alpha value is -0.900. The Kier molecular flexibility index (Phi) is 3.63. The minimum absolute atomic E-state index is 0.0270. The first-order valence-electron chi connectivity index (χ1n) is 4.06. The lowest BCUT2D eigenvalue weighted by Gasteiger charge is -2.09. The van der Waals surface area contributed by atoms with Crippen LogP contribution in [0.3, 0.4) is 0 Å². The van der Waals surface area contributed by atoms with Crippen LogP contribution >= 0.6 is 15.9 Å². The van der Waals surface area contributed by atoms with E-state index in [1.807, 2.05) is 0 Å². The summed E-state index contributed by atoms with van der Waals surface area (Å²) in [7, 11) is 1.49. The van der Waals surface area contributed by atoms with Crippen LogP contribution in [0.1, 0.15) is 12.5 Å². The first-order valence-corrected chi connectivity index (χ1v) is 4.85. The number of carbonyl (C=O) groups excluding carboxylic acids is 1. The summed E-state index contributed by atoms with van der Waals surface area (Å²) in [5.41, 5.74) is 0.562. The van der Waals surface area contributed by atoms with Crippen molar-refractivity contribution in [3.05, 3.63) is 28.0 Å². The van der Waals surface area contributed by atoms with Crippen molar-refractivity contribution < 1.29 is 13.9 Å². The lowest BCUT2D eigenvalue weighted by molar-refractivity contribution is -0.116. The number of ketones is 1. The third-order valence-electron chi connectivity index (χ3n) is 1.73. The highest BCUT2D eigenvalue weighted by Crippen LogP contribution is 2.30. The van der Waals surface area contributed by atoms with Crippen molar-refractivity contribution >= 4 is 21.7 Å². The second kappa shape index (κ2) is 4.55. The molecule has 1 aromatic carbocycles. The summed E-state index contributed by atoms with van der Waals surface area (Å²) < 4.78 is 18.6. The molecule has 14 heavy (non-hydrogen) atoms. The zero-order chi connectivity index (χ0) is 10.7. The second-order valence-electron chi connectivity index (χ2n) is 2.96. The molecule has 0 aliphatic heterocycles. The number of halogens is 2. The fourth-order valence-electron chi connectivity index (χ4n) is 1.24. The largest absolute Gasteiger partial charge is 0.495 e. The molecule has 4 heteroatoms. The standard InChI is InChI=1S/C10H10BrFO2/c1-6(13)3-7-4-8(12)5-9(11)10(7)14-2/h4-5H,3H2,1-2H3. The van der Waals surface area contributed by atoms with Crippen molar-refractivity contribution in [3.63, 3.8) is 0 Å². The molecule has 2 nitrogen and oxygen atoms in total. The average Bonchev–Trinajstić information content (AvgIpc) is 2.01. The van der Waals surface area contributed by atoms with Crippen molar-refractivity contribution in [1.29, 1.82) is 0 Å². The van der Waals surface area contributed by atoms with Gasteiger partial charge in [-0.05, 0) is 35.0 Å². The van der Waals surface area contributed by atoms with Gasteiger partial charge in [0.15, 0.2) is 0 Å². The van der Waals surface area contributed by atoms with Gasteiger partial charge in [0.1, 0.15) is 17.3 Å². The molecule has 0 atom stereocenters. The molecule has 0 aliphatic carbocycles. The zero-order valence-corrected chi connectivity index (χ0v) is 9.52. The van der Waals surface area contributed by atoms with Gasteiger partial charge in [-0.25, -0.2) is 4.39 Å². The lowest BCUT2D eigenvalue weighted by atomic mass is 10.1. The summed E-state index contributed by atoms with van der Waals surface area (Å²) in [6.07, 6.45) is 0.180. The van der Waals surface area contributed by atoms with Gasteiger partial charge in [-0.2, -0.15) is 0 Å². The summed E-state index contributed by atoms with van der Waals surface area (Å²) >= 11 is 3.17. The number of Topliss-reactive ketones (excluding diaryl/α,β-unsaturated/α-hetero) is 1. The van der Waals surface area contributed by atoms with Crippen LogP contribution in [0.5, 0.6) is 5.75 Å². The summed E-state index contributed by atoms with van der Waals surface area (Å²) in [5.74, 6) is 0.108. The van der Waals surface area contributed by atoms with Crippen LogP contribution in [0.15, 0.2) is 16.6 Å². The molecule has 0 heterocycles. The van der Waals surface area contributed by atoms with E-state index in [0.29, 0.717) is 15.8 Å². The predicted molar refractivity (Wildman–Crippen MR) is 55.0 cm³/mol. The molecular formula is C10H10BrFO2. The van der Waals surface area contributed by atoms with Crippen LogP contribution in [0.2, 0.25) is 0 Å². The van der Waals surface area contributed by atoms with Crippen molar-refractivity contribution in [1.82, 2.24) is 0 Å². The Morgan fingerprint density at radius 1 is 1.57 bits per heavy atom. The maximum atomic E-state index is 13.0. The van der Waals surface area contributed by atoms with Gasteiger partial charge in [-0.1, -0.05) is 0 Å². The van der Waals surface area contributed by atoms with E-state index in [2.05, 4.69) is 15.9 Å². The summed E-state index contributed by atoms with van der Waals surface area (Å²) in [4.78, 5) is 10.9. The molecule has 0 spiro atoms. The number of rotatable bonds is 3. The van der Waals surface area contributed by atoms with E-state index >= 15 is 0 Å². The maximum absolute atomic E-state index is 13.0. The number of ether oxygens (including phenoxy) is 1. The first kappa shape index (κ1) is 11.2. The van der Waals surface area contributed by atoms with E-state index in [-0.39, 0.29) is 18.0 Å². The van der Waals surface area contributed by atoms with Gasteiger partial charge >= 0.3 is 0 Å². The van der Waals surface area contributed by atoms with E-state index in [1.165, 1.54) is 26.2 Å². The van der Waals surface area contributed by atoms with Gasteiger partial charge in [0.25, 0.3) is 0 Å². The Balaban J connectivity index is 3.17. The lowest BCUT2D eigenvalue weighted by Crippen LogP contribution is -2.01. The molecule has 0 bridgehead atoms. The number of hydrogen-bond acceptors (Lipinski definition) is 2. The zero-order valence-electron chi connectivity index (χ0n) is 7.93. The topological polar surface area (TPSA) is 26.3 Å². The summed E-state index contributed by atoms with van der Waals surface area (Å²) in [6, 6.07) is 2.62. The van der Waals surface area contributed by atoms with Gasteiger partial charge in [0, 0.05) is 12.0 Å². The number of benzene rings is 1. The van der Waals surface area contributed by atoms with Crippen LogP contribution in [0, 0.1) is 5.82 Å². The Morgan fingerprint density at radius 3 is 2.71 bits per heavy atom. The van der Waals surface area contributed by atoms with Crippen molar-refractivity contribution in [3.8, 4) is 5.75 Å².